The number of pyridine rings is 1. The van der Waals surface area contributed by atoms with Crippen molar-refractivity contribution in [2.45, 2.75) is 52.0 Å². The molecule has 1 aromatic rings. The van der Waals surface area contributed by atoms with Gasteiger partial charge in [-0.25, -0.2) is 0 Å². The van der Waals surface area contributed by atoms with Gasteiger partial charge in [0.2, 0.25) is 5.88 Å². The highest BCUT2D eigenvalue weighted by atomic mass is 16.5. The number of rotatable bonds is 8. The lowest BCUT2D eigenvalue weighted by molar-refractivity contribution is 0.398. The summed E-state index contributed by atoms with van der Waals surface area (Å²) in [5.74, 6) is 1.31. The molecule has 0 bridgehead atoms. The first-order chi connectivity index (χ1) is 8.67. The Kier molecular flexibility index (Phi) is 6.33. The Morgan fingerprint density at radius 1 is 1.33 bits per heavy atom. The van der Waals surface area contributed by atoms with E-state index in [0.717, 1.165) is 12.2 Å². The molecule has 3 N–H and O–H groups in total. The molecule has 1 unspecified atom stereocenters. The third-order valence-electron chi connectivity index (χ3n) is 2.98. The smallest absolute Gasteiger partial charge is 0.215 e. The van der Waals surface area contributed by atoms with E-state index in [4.69, 9.17) is 10.5 Å². The quantitative estimate of drug-likeness (QED) is 0.695. The molecule has 0 amide bonds. The minimum Gasteiger partial charge on any atom is -0.481 e. The average molecular weight is 251 g/mol. The monoisotopic (exact) mass is 251 g/mol. The highest BCUT2D eigenvalue weighted by Crippen LogP contribution is 2.21. The Hall–Kier alpha value is -1.45. The molecule has 1 aromatic heterocycles. The fraction of sp³-hybridized carbons (Fsp3) is 0.643. The molecule has 18 heavy (non-hydrogen) atoms. The Bertz CT molecular complexity index is 355. The van der Waals surface area contributed by atoms with Gasteiger partial charge in [-0.2, -0.15) is 4.98 Å². The molecule has 1 heterocycles. The van der Waals surface area contributed by atoms with Crippen molar-refractivity contribution in [1.82, 2.24) is 4.98 Å². The van der Waals surface area contributed by atoms with Gasteiger partial charge < -0.3 is 15.8 Å². The predicted octanol–water partition coefficient (Wildman–Crippen LogP) is 3.44. The van der Waals surface area contributed by atoms with E-state index in [9.17, 15) is 0 Å². The lowest BCUT2D eigenvalue weighted by atomic mass is 10.1. The summed E-state index contributed by atoms with van der Waals surface area (Å²) in [5, 5.41) is 3.35. The van der Waals surface area contributed by atoms with E-state index >= 15 is 0 Å². The summed E-state index contributed by atoms with van der Waals surface area (Å²) in [4.78, 5) is 4.32. The number of methoxy groups -OCH3 is 1. The molecule has 0 spiro atoms. The molecule has 0 aromatic carbocycles. The normalized spacial score (nSPS) is 12.2. The Morgan fingerprint density at radius 3 is 2.78 bits per heavy atom. The van der Waals surface area contributed by atoms with Crippen LogP contribution in [-0.4, -0.2) is 18.1 Å². The maximum absolute atomic E-state index is 5.89. The van der Waals surface area contributed by atoms with Gasteiger partial charge in [0.25, 0.3) is 0 Å². The maximum Gasteiger partial charge on any atom is 0.215 e. The van der Waals surface area contributed by atoms with Gasteiger partial charge in [0.05, 0.1) is 12.8 Å². The molecule has 0 aliphatic carbocycles. The summed E-state index contributed by atoms with van der Waals surface area (Å²) >= 11 is 0. The van der Waals surface area contributed by atoms with Gasteiger partial charge >= 0.3 is 0 Å². The van der Waals surface area contributed by atoms with Crippen LogP contribution in [0.4, 0.5) is 11.5 Å². The molecule has 0 aliphatic rings. The third kappa shape index (κ3) is 4.82. The van der Waals surface area contributed by atoms with Crippen molar-refractivity contribution >= 4 is 11.5 Å². The van der Waals surface area contributed by atoms with Crippen molar-refractivity contribution in [2.75, 3.05) is 18.2 Å². The van der Waals surface area contributed by atoms with Crippen LogP contribution >= 0.6 is 0 Å². The van der Waals surface area contributed by atoms with Crippen LogP contribution in [0.15, 0.2) is 12.1 Å². The van der Waals surface area contributed by atoms with E-state index in [1.54, 1.807) is 13.2 Å². The first-order valence-corrected chi connectivity index (χ1v) is 6.74. The molecule has 0 aliphatic heterocycles. The molecule has 0 saturated heterocycles. The van der Waals surface area contributed by atoms with Crippen LogP contribution in [-0.2, 0) is 0 Å². The number of aromatic nitrogens is 1. The van der Waals surface area contributed by atoms with Crippen LogP contribution in [0, 0.1) is 0 Å². The Morgan fingerprint density at radius 2 is 2.11 bits per heavy atom. The van der Waals surface area contributed by atoms with Gasteiger partial charge in [0, 0.05) is 12.1 Å². The highest BCUT2D eigenvalue weighted by molar-refractivity contribution is 5.62. The van der Waals surface area contributed by atoms with Crippen molar-refractivity contribution in [2.24, 2.45) is 0 Å². The molecule has 4 nitrogen and oxygen atoms in total. The van der Waals surface area contributed by atoms with E-state index < -0.39 is 0 Å². The molecule has 0 radical (unpaired) electrons. The number of anilines is 2. The minimum absolute atomic E-state index is 0.378. The fourth-order valence-electron chi connectivity index (χ4n) is 1.86. The topological polar surface area (TPSA) is 60.2 Å². The lowest BCUT2D eigenvalue weighted by Gasteiger charge is -2.16. The summed E-state index contributed by atoms with van der Waals surface area (Å²) < 4.78 is 5.10. The van der Waals surface area contributed by atoms with Gasteiger partial charge in [-0.1, -0.05) is 32.6 Å². The van der Waals surface area contributed by atoms with Crippen molar-refractivity contribution in [3.05, 3.63) is 12.1 Å². The molecule has 0 fully saturated rings. The Labute approximate surface area is 110 Å². The van der Waals surface area contributed by atoms with Gasteiger partial charge in [0.15, 0.2) is 5.82 Å². The van der Waals surface area contributed by atoms with Crippen LogP contribution in [0.25, 0.3) is 0 Å². The predicted molar refractivity (Wildman–Crippen MR) is 77.0 cm³/mol. The second-order valence-electron chi connectivity index (χ2n) is 4.69. The second-order valence-corrected chi connectivity index (χ2v) is 4.69. The summed E-state index contributed by atoms with van der Waals surface area (Å²) in [7, 11) is 1.61. The van der Waals surface area contributed by atoms with E-state index in [1.165, 1.54) is 25.7 Å². The number of nitrogens with zero attached hydrogens (tertiary/aromatic N) is 1. The summed E-state index contributed by atoms with van der Waals surface area (Å²) in [6, 6.07) is 3.97. The number of nitrogen functional groups attached to an aromatic ring is 1. The van der Waals surface area contributed by atoms with Crippen LogP contribution in [0.1, 0.15) is 46.0 Å². The molecular formula is C14H25N3O. The van der Waals surface area contributed by atoms with Crippen molar-refractivity contribution in [1.29, 1.82) is 0 Å². The summed E-state index contributed by atoms with van der Waals surface area (Å²) in [5.41, 5.74) is 6.55. The van der Waals surface area contributed by atoms with E-state index in [-0.39, 0.29) is 0 Å². The van der Waals surface area contributed by atoms with E-state index in [1.807, 2.05) is 6.07 Å². The number of hydrogen-bond donors (Lipinski definition) is 2. The molecule has 1 atom stereocenters. The molecule has 0 saturated carbocycles. The van der Waals surface area contributed by atoms with Gasteiger partial charge in [-0.3, -0.25) is 0 Å². The average Bonchev–Trinajstić information content (AvgIpc) is 2.37. The number of nitrogens with one attached hydrogen (secondary N) is 1. The number of unbranched alkanes of at least 4 members (excludes halogenated alkanes) is 3. The Balaban J connectivity index is 2.45. The third-order valence-corrected chi connectivity index (χ3v) is 2.98. The van der Waals surface area contributed by atoms with Crippen LogP contribution in [0.3, 0.4) is 0 Å². The van der Waals surface area contributed by atoms with E-state index in [2.05, 4.69) is 24.1 Å². The number of nitrogens with two attached hydrogens (primary N) is 1. The zero-order valence-electron chi connectivity index (χ0n) is 11.7. The van der Waals surface area contributed by atoms with Crippen molar-refractivity contribution in [3.63, 3.8) is 0 Å². The number of hydrogen-bond acceptors (Lipinski definition) is 4. The lowest BCUT2D eigenvalue weighted by Crippen LogP contribution is -2.17. The second kappa shape index (κ2) is 7.80. The van der Waals surface area contributed by atoms with Crippen LogP contribution in [0.5, 0.6) is 5.88 Å². The van der Waals surface area contributed by atoms with Crippen LogP contribution in [0.2, 0.25) is 0 Å². The zero-order valence-corrected chi connectivity index (χ0v) is 11.7. The van der Waals surface area contributed by atoms with Gasteiger partial charge in [-0.15, -0.1) is 0 Å². The van der Waals surface area contributed by atoms with E-state index in [0.29, 0.717) is 17.6 Å². The largest absolute Gasteiger partial charge is 0.481 e. The minimum atomic E-state index is 0.378. The van der Waals surface area contributed by atoms with Crippen molar-refractivity contribution in [3.8, 4) is 5.88 Å². The standard InChI is InChI=1S/C14H25N3O/c1-4-5-6-7-8-11(2)16-14-12(15)9-10-13(17-14)18-3/h9-11H,4-8,15H2,1-3H3,(H,16,17). The molecule has 4 heteroatoms. The highest BCUT2D eigenvalue weighted by Gasteiger charge is 2.07. The maximum atomic E-state index is 5.89. The number of ether oxygens (including phenoxy) is 1. The van der Waals surface area contributed by atoms with Crippen LogP contribution < -0.4 is 15.8 Å². The SMILES string of the molecule is CCCCCCC(C)Nc1nc(OC)ccc1N. The van der Waals surface area contributed by atoms with Crippen molar-refractivity contribution < 1.29 is 4.74 Å². The molecular weight excluding hydrogens is 226 g/mol. The molecule has 102 valence electrons. The fourth-order valence-corrected chi connectivity index (χ4v) is 1.86. The first kappa shape index (κ1) is 14.6. The van der Waals surface area contributed by atoms with Gasteiger partial charge in [0.1, 0.15) is 0 Å². The van der Waals surface area contributed by atoms with Gasteiger partial charge in [-0.05, 0) is 19.4 Å². The first-order valence-electron chi connectivity index (χ1n) is 6.74. The summed E-state index contributed by atoms with van der Waals surface area (Å²) in [6.07, 6.45) is 6.26. The summed E-state index contributed by atoms with van der Waals surface area (Å²) in [6.45, 7) is 4.38. The molecule has 1 rings (SSSR count). The zero-order chi connectivity index (χ0) is 13.4.